The second kappa shape index (κ2) is 5.80. The van der Waals surface area contributed by atoms with E-state index in [-0.39, 0.29) is 13.0 Å². The van der Waals surface area contributed by atoms with Crippen molar-refractivity contribution in [3.8, 4) is 12.3 Å². The minimum Gasteiger partial charge on any atom is -0.370 e. The van der Waals surface area contributed by atoms with Crippen molar-refractivity contribution in [1.29, 1.82) is 0 Å². The summed E-state index contributed by atoms with van der Waals surface area (Å²) in [5, 5.41) is 0. The molecule has 13 heavy (non-hydrogen) atoms. The van der Waals surface area contributed by atoms with Gasteiger partial charge in [-0.05, 0) is 0 Å². The summed E-state index contributed by atoms with van der Waals surface area (Å²) in [7, 11) is 0. The lowest BCUT2D eigenvalue weighted by Gasteiger charge is -2.14. The lowest BCUT2D eigenvalue weighted by atomic mass is 10.2. The highest BCUT2D eigenvalue weighted by molar-refractivity contribution is 4.88. The second-order valence-electron chi connectivity index (χ2n) is 2.40. The van der Waals surface area contributed by atoms with Gasteiger partial charge in [0, 0.05) is 6.42 Å². The second-order valence-corrected chi connectivity index (χ2v) is 2.40. The van der Waals surface area contributed by atoms with Crippen LogP contribution in [-0.4, -0.2) is 25.4 Å². The molecule has 6 heteroatoms. The minimum atomic E-state index is -4.31. The molecule has 0 radical (unpaired) electrons. The van der Waals surface area contributed by atoms with Crippen LogP contribution in [-0.2, 0) is 4.74 Å². The van der Waals surface area contributed by atoms with Gasteiger partial charge < -0.3 is 4.74 Å². The molecular formula is C7H11F3N2O. The van der Waals surface area contributed by atoms with Crippen LogP contribution in [0, 0.1) is 12.3 Å². The molecule has 0 bridgehead atoms. The topological polar surface area (TPSA) is 47.3 Å². The van der Waals surface area contributed by atoms with Crippen LogP contribution >= 0.6 is 0 Å². The predicted molar refractivity (Wildman–Crippen MR) is 41.4 cm³/mol. The van der Waals surface area contributed by atoms with E-state index in [0.29, 0.717) is 0 Å². The average Bonchev–Trinajstić information content (AvgIpc) is 2.01. The first kappa shape index (κ1) is 12.2. The van der Waals surface area contributed by atoms with Gasteiger partial charge in [0.25, 0.3) is 0 Å². The summed E-state index contributed by atoms with van der Waals surface area (Å²) in [6, 6.07) is -0.438. The third-order valence-electron chi connectivity index (χ3n) is 1.18. The Kier molecular flexibility index (Phi) is 5.46. The maximum Gasteiger partial charge on any atom is 0.411 e. The maximum atomic E-state index is 11.6. The quantitative estimate of drug-likeness (QED) is 0.380. The van der Waals surface area contributed by atoms with Crippen LogP contribution in [0.2, 0.25) is 0 Å². The van der Waals surface area contributed by atoms with Gasteiger partial charge in [0.2, 0.25) is 0 Å². The molecule has 0 aliphatic heterocycles. The molecule has 1 unspecified atom stereocenters. The molecule has 0 aliphatic carbocycles. The molecule has 0 fully saturated rings. The van der Waals surface area contributed by atoms with E-state index in [1.165, 1.54) is 0 Å². The van der Waals surface area contributed by atoms with Crippen molar-refractivity contribution in [1.82, 2.24) is 5.43 Å². The van der Waals surface area contributed by atoms with E-state index < -0.39 is 18.8 Å². The zero-order chi connectivity index (χ0) is 10.3. The van der Waals surface area contributed by atoms with Crippen molar-refractivity contribution in [3.05, 3.63) is 0 Å². The number of hydrazine groups is 1. The molecule has 0 saturated heterocycles. The van der Waals surface area contributed by atoms with E-state index in [4.69, 9.17) is 12.3 Å². The largest absolute Gasteiger partial charge is 0.411 e. The first-order valence-corrected chi connectivity index (χ1v) is 3.53. The van der Waals surface area contributed by atoms with E-state index in [9.17, 15) is 13.2 Å². The van der Waals surface area contributed by atoms with Crippen LogP contribution in [0.25, 0.3) is 0 Å². The summed E-state index contributed by atoms with van der Waals surface area (Å²) < 4.78 is 39.1. The highest BCUT2D eigenvalue weighted by Gasteiger charge is 2.27. The van der Waals surface area contributed by atoms with Gasteiger partial charge >= 0.3 is 6.18 Å². The lowest BCUT2D eigenvalue weighted by Crippen LogP contribution is -2.39. The van der Waals surface area contributed by atoms with Crippen molar-refractivity contribution in [2.24, 2.45) is 5.84 Å². The molecule has 1 atom stereocenters. The Labute approximate surface area is 74.4 Å². The standard InChI is InChI=1S/C7H11F3N2O/c1-2-3-6(12-11)4-13-5-7(8,9)10/h1,6,12H,3-5,11H2. The van der Waals surface area contributed by atoms with Gasteiger partial charge in [-0.25, -0.2) is 0 Å². The molecule has 0 aromatic carbocycles. The van der Waals surface area contributed by atoms with E-state index in [2.05, 4.69) is 16.1 Å². The summed E-state index contributed by atoms with van der Waals surface area (Å²) in [6.07, 6.45) is 0.859. The van der Waals surface area contributed by atoms with E-state index in [0.717, 1.165) is 0 Å². The van der Waals surface area contributed by atoms with Crippen molar-refractivity contribution in [2.75, 3.05) is 13.2 Å². The average molecular weight is 196 g/mol. The number of ether oxygens (including phenoxy) is 1. The number of rotatable bonds is 5. The number of hydrogen-bond acceptors (Lipinski definition) is 3. The highest BCUT2D eigenvalue weighted by Crippen LogP contribution is 2.14. The van der Waals surface area contributed by atoms with Crippen molar-refractivity contribution >= 4 is 0 Å². The Morgan fingerprint density at radius 1 is 1.54 bits per heavy atom. The molecule has 0 rings (SSSR count). The smallest absolute Gasteiger partial charge is 0.370 e. The number of terminal acetylenes is 1. The molecule has 3 N–H and O–H groups in total. The Balaban J connectivity index is 3.56. The minimum absolute atomic E-state index is 0.153. The zero-order valence-electron chi connectivity index (χ0n) is 6.90. The van der Waals surface area contributed by atoms with Crippen LogP contribution in [0.3, 0.4) is 0 Å². The highest BCUT2D eigenvalue weighted by atomic mass is 19.4. The third-order valence-corrected chi connectivity index (χ3v) is 1.18. The van der Waals surface area contributed by atoms with Crippen LogP contribution < -0.4 is 11.3 Å². The fourth-order valence-electron chi connectivity index (χ4n) is 0.625. The fraction of sp³-hybridized carbons (Fsp3) is 0.714. The zero-order valence-corrected chi connectivity index (χ0v) is 6.90. The van der Waals surface area contributed by atoms with Gasteiger partial charge in [-0.15, -0.1) is 12.3 Å². The monoisotopic (exact) mass is 196 g/mol. The third kappa shape index (κ3) is 7.59. The van der Waals surface area contributed by atoms with E-state index in [1.807, 2.05) is 0 Å². The first-order valence-electron chi connectivity index (χ1n) is 3.53. The summed E-state index contributed by atoms with van der Waals surface area (Å²) >= 11 is 0. The Bertz CT molecular complexity index is 176. The molecule has 0 amide bonds. The van der Waals surface area contributed by atoms with Crippen molar-refractivity contribution in [2.45, 2.75) is 18.6 Å². The number of nitrogens with one attached hydrogen (secondary N) is 1. The first-order chi connectivity index (χ1) is 5.99. The summed E-state index contributed by atoms with van der Waals surface area (Å²) in [5.41, 5.74) is 2.25. The van der Waals surface area contributed by atoms with Crippen molar-refractivity contribution in [3.63, 3.8) is 0 Å². The Morgan fingerprint density at radius 2 is 2.15 bits per heavy atom. The molecule has 0 heterocycles. The maximum absolute atomic E-state index is 11.6. The molecule has 0 spiro atoms. The molecular weight excluding hydrogens is 185 g/mol. The molecule has 0 saturated carbocycles. The van der Waals surface area contributed by atoms with Crippen LogP contribution in [0.4, 0.5) is 13.2 Å². The van der Waals surface area contributed by atoms with Gasteiger partial charge in [0.15, 0.2) is 0 Å². The lowest BCUT2D eigenvalue weighted by molar-refractivity contribution is -0.175. The van der Waals surface area contributed by atoms with Crippen LogP contribution in [0.1, 0.15) is 6.42 Å². The summed E-state index contributed by atoms with van der Waals surface area (Å²) in [6.45, 7) is -1.43. The SMILES string of the molecule is C#CCC(COCC(F)(F)F)NN. The van der Waals surface area contributed by atoms with E-state index >= 15 is 0 Å². The van der Waals surface area contributed by atoms with E-state index in [1.54, 1.807) is 0 Å². The predicted octanol–water partition coefficient (Wildman–Crippen LogP) is 0.421. The van der Waals surface area contributed by atoms with Gasteiger partial charge in [0.1, 0.15) is 6.61 Å². The van der Waals surface area contributed by atoms with Gasteiger partial charge in [-0.3, -0.25) is 11.3 Å². The summed E-state index contributed by atoms with van der Waals surface area (Å²) in [5.74, 6) is 7.26. The van der Waals surface area contributed by atoms with Gasteiger partial charge in [-0.2, -0.15) is 13.2 Å². The van der Waals surface area contributed by atoms with Crippen molar-refractivity contribution < 1.29 is 17.9 Å². The number of hydrogen-bond donors (Lipinski definition) is 2. The van der Waals surface area contributed by atoms with Gasteiger partial charge in [-0.1, -0.05) is 0 Å². The molecule has 0 aromatic heterocycles. The number of nitrogens with two attached hydrogens (primary N) is 1. The summed E-state index contributed by atoms with van der Waals surface area (Å²) in [4.78, 5) is 0. The number of halogens is 3. The van der Waals surface area contributed by atoms with Gasteiger partial charge in [0.05, 0.1) is 12.6 Å². The molecule has 0 aromatic rings. The molecule has 76 valence electrons. The fourth-order valence-corrected chi connectivity index (χ4v) is 0.625. The number of alkyl halides is 3. The van der Waals surface area contributed by atoms with Crippen LogP contribution in [0.5, 0.6) is 0 Å². The van der Waals surface area contributed by atoms with Crippen LogP contribution in [0.15, 0.2) is 0 Å². The normalized spacial score (nSPS) is 13.8. The Hall–Kier alpha value is -0.770. The molecule has 3 nitrogen and oxygen atoms in total. The Morgan fingerprint density at radius 3 is 2.54 bits per heavy atom. The molecule has 0 aliphatic rings.